The van der Waals surface area contributed by atoms with Gasteiger partial charge in [-0.25, -0.2) is 0 Å². The molecule has 0 aliphatic carbocycles. The third-order valence-electron chi connectivity index (χ3n) is 3.35. The Hall–Kier alpha value is -1.79. The van der Waals surface area contributed by atoms with Crippen LogP contribution in [0.15, 0.2) is 24.3 Å². The van der Waals surface area contributed by atoms with Crippen LogP contribution in [0.1, 0.15) is 50.8 Å². The Morgan fingerprint density at radius 1 is 1.30 bits per heavy atom. The molecule has 3 heteroatoms. The van der Waals surface area contributed by atoms with E-state index in [4.69, 9.17) is 5.73 Å². The van der Waals surface area contributed by atoms with Crippen molar-refractivity contribution in [2.45, 2.75) is 39.7 Å². The van der Waals surface area contributed by atoms with Crippen LogP contribution in [0.4, 0.5) is 0 Å². The highest BCUT2D eigenvalue weighted by Gasteiger charge is 2.11. The zero-order valence-corrected chi connectivity index (χ0v) is 12.6. The first-order valence-corrected chi connectivity index (χ1v) is 7.15. The molecule has 108 valence electrons. The molecule has 0 aliphatic rings. The first kappa shape index (κ1) is 16.3. The van der Waals surface area contributed by atoms with E-state index in [0.717, 1.165) is 17.5 Å². The van der Waals surface area contributed by atoms with E-state index in [0.29, 0.717) is 18.9 Å². The Morgan fingerprint density at radius 3 is 2.50 bits per heavy atom. The number of amides is 1. The molecular formula is C17H24N2O. The van der Waals surface area contributed by atoms with E-state index in [1.165, 1.54) is 0 Å². The topological polar surface area (TPSA) is 55.1 Å². The van der Waals surface area contributed by atoms with Gasteiger partial charge in [-0.2, -0.15) is 0 Å². The molecule has 1 amide bonds. The Morgan fingerprint density at radius 2 is 1.95 bits per heavy atom. The van der Waals surface area contributed by atoms with Crippen molar-refractivity contribution in [3.8, 4) is 11.8 Å². The zero-order valence-electron chi connectivity index (χ0n) is 12.6. The van der Waals surface area contributed by atoms with E-state index in [1.807, 2.05) is 31.2 Å². The SMILES string of the molecule is CCC(C)CC(=O)NC(C)c1ccc(C#CCN)cc1. The van der Waals surface area contributed by atoms with Gasteiger partial charge in [-0.05, 0) is 30.5 Å². The van der Waals surface area contributed by atoms with E-state index < -0.39 is 0 Å². The van der Waals surface area contributed by atoms with E-state index in [2.05, 4.69) is 31.0 Å². The van der Waals surface area contributed by atoms with Gasteiger partial charge in [-0.15, -0.1) is 0 Å². The summed E-state index contributed by atoms with van der Waals surface area (Å²) in [5, 5.41) is 3.03. The second kappa shape index (κ2) is 8.39. The van der Waals surface area contributed by atoms with Gasteiger partial charge in [0.05, 0.1) is 12.6 Å². The van der Waals surface area contributed by atoms with Gasteiger partial charge in [0.25, 0.3) is 0 Å². The maximum Gasteiger partial charge on any atom is 0.220 e. The number of hydrogen-bond acceptors (Lipinski definition) is 2. The summed E-state index contributed by atoms with van der Waals surface area (Å²) < 4.78 is 0. The minimum atomic E-state index is 0.0167. The fourth-order valence-corrected chi connectivity index (χ4v) is 1.85. The number of benzene rings is 1. The predicted molar refractivity (Wildman–Crippen MR) is 83.0 cm³/mol. The molecular weight excluding hydrogens is 248 g/mol. The molecule has 1 aromatic carbocycles. The summed E-state index contributed by atoms with van der Waals surface area (Å²) in [6.07, 6.45) is 1.61. The molecule has 0 bridgehead atoms. The molecule has 2 unspecified atom stereocenters. The Balaban J connectivity index is 2.59. The second-order valence-corrected chi connectivity index (χ2v) is 5.13. The van der Waals surface area contributed by atoms with Crippen LogP contribution in [0.5, 0.6) is 0 Å². The molecule has 3 N–H and O–H groups in total. The van der Waals surface area contributed by atoms with Crippen molar-refractivity contribution in [1.82, 2.24) is 5.32 Å². The smallest absolute Gasteiger partial charge is 0.220 e. The molecule has 3 nitrogen and oxygen atoms in total. The van der Waals surface area contributed by atoms with Crippen LogP contribution in [-0.4, -0.2) is 12.5 Å². The van der Waals surface area contributed by atoms with Gasteiger partial charge < -0.3 is 11.1 Å². The van der Waals surface area contributed by atoms with Gasteiger partial charge in [0, 0.05) is 12.0 Å². The molecule has 20 heavy (non-hydrogen) atoms. The Labute approximate surface area is 121 Å². The number of nitrogens with one attached hydrogen (secondary N) is 1. The van der Waals surface area contributed by atoms with Crippen LogP contribution in [0, 0.1) is 17.8 Å². The maximum absolute atomic E-state index is 11.9. The lowest BCUT2D eigenvalue weighted by Crippen LogP contribution is -2.27. The molecule has 0 spiro atoms. The number of carbonyl (C=O) groups is 1. The number of carbonyl (C=O) groups excluding carboxylic acids is 1. The highest BCUT2D eigenvalue weighted by Crippen LogP contribution is 2.14. The highest BCUT2D eigenvalue weighted by molar-refractivity contribution is 5.76. The van der Waals surface area contributed by atoms with Crippen molar-refractivity contribution in [3.63, 3.8) is 0 Å². The first-order chi connectivity index (χ1) is 9.56. The molecule has 1 aromatic rings. The molecule has 0 radical (unpaired) electrons. The molecule has 0 aromatic heterocycles. The summed E-state index contributed by atoms with van der Waals surface area (Å²) >= 11 is 0. The van der Waals surface area contributed by atoms with Crippen LogP contribution < -0.4 is 11.1 Å². The lowest BCUT2D eigenvalue weighted by atomic mass is 10.0. The first-order valence-electron chi connectivity index (χ1n) is 7.15. The van der Waals surface area contributed by atoms with Crippen molar-refractivity contribution < 1.29 is 4.79 Å². The summed E-state index contributed by atoms with van der Waals surface area (Å²) in [7, 11) is 0. The largest absolute Gasteiger partial charge is 0.350 e. The van der Waals surface area contributed by atoms with E-state index in [9.17, 15) is 4.79 Å². The summed E-state index contributed by atoms with van der Waals surface area (Å²) in [5.74, 6) is 6.34. The highest BCUT2D eigenvalue weighted by atomic mass is 16.1. The van der Waals surface area contributed by atoms with Crippen LogP contribution in [0.25, 0.3) is 0 Å². The normalized spacial score (nSPS) is 13.0. The fraction of sp³-hybridized carbons (Fsp3) is 0.471. The zero-order chi connectivity index (χ0) is 15.0. The fourth-order valence-electron chi connectivity index (χ4n) is 1.85. The van der Waals surface area contributed by atoms with Crippen molar-refractivity contribution >= 4 is 5.91 Å². The van der Waals surface area contributed by atoms with Crippen LogP contribution >= 0.6 is 0 Å². The Kier molecular flexibility index (Phi) is 6.83. The second-order valence-electron chi connectivity index (χ2n) is 5.13. The van der Waals surface area contributed by atoms with Crippen LogP contribution in [0.2, 0.25) is 0 Å². The van der Waals surface area contributed by atoms with Crippen molar-refractivity contribution in [1.29, 1.82) is 0 Å². The molecule has 0 saturated carbocycles. The van der Waals surface area contributed by atoms with Crippen molar-refractivity contribution in [3.05, 3.63) is 35.4 Å². The van der Waals surface area contributed by atoms with E-state index >= 15 is 0 Å². The molecule has 0 heterocycles. The third-order valence-corrected chi connectivity index (χ3v) is 3.35. The molecule has 0 saturated heterocycles. The van der Waals surface area contributed by atoms with Gasteiger partial charge in [-0.1, -0.05) is 44.2 Å². The monoisotopic (exact) mass is 272 g/mol. The number of rotatable bonds is 5. The van der Waals surface area contributed by atoms with Gasteiger partial charge in [0.2, 0.25) is 5.91 Å². The van der Waals surface area contributed by atoms with Gasteiger partial charge >= 0.3 is 0 Å². The van der Waals surface area contributed by atoms with Crippen LogP contribution in [-0.2, 0) is 4.79 Å². The van der Waals surface area contributed by atoms with Crippen molar-refractivity contribution in [2.75, 3.05) is 6.54 Å². The third kappa shape index (κ3) is 5.46. The molecule has 0 fully saturated rings. The summed E-state index contributed by atoms with van der Waals surface area (Å²) in [6.45, 7) is 6.55. The van der Waals surface area contributed by atoms with Gasteiger partial charge in [0.15, 0.2) is 0 Å². The maximum atomic E-state index is 11.9. The van der Waals surface area contributed by atoms with E-state index in [1.54, 1.807) is 0 Å². The Bertz CT molecular complexity index is 482. The van der Waals surface area contributed by atoms with E-state index in [-0.39, 0.29) is 11.9 Å². The molecule has 2 atom stereocenters. The standard InChI is InChI=1S/C17H24N2O/c1-4-13(2)12-17(20)19-14(3)16-9-7-15(8-10-16)6-5-11-18/h7-10,13-14H,4,11-12,18H2,1-3H3,(H,19,20). The minimum absolute atomic E-state index is 0.0167. The average molecular weight is 272 g/mol. The summed E-state index contributed by atoms with van der Waals surface area (Å²) in [6, 6.07) is 7.91. The van der Waals surface area contributed by atoms with Crippen LogP contribution in [0.3, 0.4) is 0 Å². The summed E-state index contributed by atoms with van der Waals surface area (Å²) in [5.41, 5.74) is 7.37. The average Bonchev–Trinajstić information content (AvgIpc) is 2.45. The predicted octanol–water partition coefficient (Wildman–Crippen LogP) is 2.61. The minimum Gasteiger partial charge on any atom is -0.350 e. The quantitative estimate of drug-likeness (QED) is 0.810. The van der Waals surface area contributed by atoms with Gasteiger partial charge in [0.1, 0.15) is 0 Å². The molecule has 1 rings (SSSR count). The lowest BCUT2D eigenvalue weighted by molar-refractivity contribution is -0.122. The van der Waals surface area contributed by atoms with Gasteiger partial charge in [-0.3, -0.25) is 4.79 Å². The number of nitrogens with two attached hydrogens (primary N) is 1. The van der Waals surface area contributed by atoms with Crippen molar-refractivity contribution in [2.24, 2.45) is 11.7 Å². The summed E-state index contributed by atoms with van der Waals surface area (Å²) in [4.78, 5) is 11.9. The number of hydrogen-bond donors (Lipinski definition) is 2. The molecule has 0 aliphatic heterocycles. The lowest BCUT2D eigenvalue weighted by Gasteiger charge is -2.16.